The van der Waals surface area contributed by atoms with E-state index in [2.05, 4.69) is 15.9 Å². The number of aromatic amines is 1. The summed E-state index contributed by atoms with van der Waals surface area (Å²) in [5.74, 6) is -1.42. The van der Waals surface area contributed by atoms with Crippen molar-refractivity contribution in [3.05, 3.63) is 60.3 Å². The lowest BCUT2D eigenvalue weighted by Crippen LogP contribution is -2.32. The summed E-state index contributed by atoms with van der Waals surface area (Å²) in [6, 6.07) is 4.76. The van der Waals surface area contributed by atoms with Crippen LogP contribution in [0.15, 0.2) is 38.5 Å². The lowest BCUT2D eigenvalue weighted by molar-refractivity contribution is 0.0694. The first-order valence-electron chi connectivity index (χ1n) is 4.95. The van der Waals surface area contributed by atoms with Crippen molar-refractivity contribution in [3.8, 4) is 5.69 Å². The van der Waals surface area contributed by atoms with Gasteiger partial charge >= 0.3 is 11.7 Å². The number of carbonyl (C=O) groups is 1. The topological polar surface area (TPSA) is 92.2 Å². The lowest BCUT2D eigenvalue weighted by Gasteiger charge is -2.09. The Labute approximate surface area is 119 Å². The van der Waals surface area contributed by atoms with Crippen LogP contribution in [0, 0.1) is 0 Å². The molecule has 0 spiro atoms. The van der Waals surface area contributed by atoms with E-state index >= 15 is 0 Å². The average Bonchev–Trinajstić information content (AvgIpc) is 2.33. The maximum Gasteiger partial charge on any atom is 0.342 e. The van der Waals surface area contributed by atoms with Gasteiger partial charge in [-0.15, -0.1) is 0 Å². The Morgan fingerprint density at radius 3 is 2.68 bits per heavy atom. The summed E-state index contributed by atoms with van der Waals surface area (Å²) < 4.78 is 1.42. The van der Waals surface area contributed by atoms with Gasteiger partial charge in [0.15, 0.2) is 0 Å². The Balaban J connectivity index is 2.80. The minimum absolute atomic E-state index is 0.330. The first kappa shape index (κ1) is 13.6. The van der Waals surface area contributed by atoms with Gasteiger partial charge in [-0.05, 0) is 28.1 Å². The smallest absolute Gasteiger partial charge is 0.342 e. The van der Waals surface area contributed by atoms with Crippen molar-refractivity contribution < 1.29 is 9.90 Å². The molecule has 0 atom stereocenters. The fraction of sp³-hybridized carbons (Fsp3) is 0. The molecule has 2 N–H and O–H groups in total. The van der Waals surface area contributed by atoms with Crippen molar-refractivity contribution >= 4 is 33.5 Å². The number of halogens is 2. The van der Waals surface area contributed by atoms with E-state index in [1.165, 1.54) is 0 Å². The van der Waals surface area contributed by atoms with Crippen LogP contribution in [0.1, 0.15) is 10.4 Å². The molecule has 2 aromatic rings. The molecule has 0 aliphatic rings. The summed E-state index contributed by atoms with van der Waals surface area (Å²) >= 11 is 9.10. The van der Waals surface area contributed by atoms with Gasteiger partial charge in [0.2, 0.25) is 0 Å². The first-order valence-corrected chi connectivity index (χ1v) is 6.12. The first-order chi connectivity index (χ1) is 8.91. The number of aromatic nitrogens is 2. The largest absolute Gasteiger partial charge is 0.477 e. The maximum atomic E-state index is 11.7. The highest BCUT2D eigenvalue weighted by Crippen LogP contribution is 2.27. The third-order valence-corrected chi connectivity index (χ3v) is 3.74. The summed E-state index contributed by atoms with van der Waals surface area (Å²) in [6.45, 7) is 0. The van der Waals surface area contributed by atoms with Gasteiger partial charge < -0.3 is 5.11 Å². The van der Waals surface area contributed by atoms with Crippen molar-refractivity contribution in [3.63, 3.8) is 0 Å². The van der Waals surface area contributed by atoms with Gasteiger partial charge in [-0.2, -0.15) is 0 Å². The van der Waals surface area contributed by atoms with Crippen LogP contribution in [0.5, 0.6) is 0 Å². The van der Waals surface area contributed by atoms with Gasteiger partial charge in [0, 0.05) is 6.20 Å². The monoisotopic (exact) mass is 344 g/mol. The predicted octanol–water partition coefficient (Wildman–Crippen LogP) is 1.64. The summed E-state index contributed by atoms with van der Waals surface area (Å²) in [4.78, 5) is 35.9. The Morgan fingerprint density at radius 1 is 1.37 bits per heavy atom. The number of rotatable bonds is 2. The van der Waals surface area contributed by atoms with Gasteiger partial charge in [-0.3, -0.25) is 14.3 Å². The van der Waals surface area contributed by atoms with Crippen LogP contribution in [0.25, 0.3) is 5.69 Å². The SMILES string of the molecule is O=C(O)c1cn(-c2cccc(Cl)c2Br)c(=O)[nH]c1=O. The molecular formula is C11H6BrClN2O4. The van der Waals surface area contributed by atoms with Gasteiger partial charge in [0.25, 0.3) is 5.56 Å². The summed E-state index contributed by atoms with van der Waals surface area (Å²) in [5.41, 5.74) is -1.91. The van der Waals surface area contributed by atoms with Crippen molar-refractivity contribution in [1.82, 2.24) is 9.55 Å². The van der Waals surface area contributed by atoms with E-state index < -0.39 is 22.8 Å². The van der Waals surface area contributed by atoms with Crippen molar-refractivity contribution in [2.45, 2.75) is 0 Å². The van der Waals surface area contributed by atoms with Crippen LogP contribution < -0.4 is 11.2 Å². The number of H-pyrrole nitrogens is 1. The van der Waals surface area contributed by atoms with Crippen LogP contribution in [0.2, 0.25) is 5.02 Å². The quantitative estimate of drug-likeness (QED) is 0.865. The third-order valence-electron chi connectivity index (χ3n) is 2.36. The van der Waals surface area contributed by atoms with Crippen LogP contribution in [0.3, 0.4) is 0 Å². The van der Waals surface area contributed by atoms with Crippen molar-refractivity contribution in [2.24, 2.45) is 0 Å². The molecule has 1 aromatic heterocycles. The fourth-order valence-corrected chi connectivity index (χ4v) is 2.11. The second-order valence-electron chi connectivity index (χ2n) is 3.55. The van der Waals surface area contributed by atoms with E-state index in [1.807, 2.05) is 4.98 Å². The van der Waals surface area contributed by atoms with E-state index in [1.54, 1.807) is 18.2 Å². The van der Waals surface area contributed by atoms with E-state index in [-0.39, 0.29) is 0 Å². The zero-order valence-corrected chi connectivity index (χ0v) is 11.5. The fourth-order valence-electron chi connectivity index (χ4n) is 1.48. The molecule has 0 unspecified atom stereocenters. The molecular weight excluding hydrogens is 339 g/mol. The summed E-state index contributed by atoms with van der Waals surface area (Å²) in [5, 5.41) is 9.23. The van der Waals surface area contributed by atoms with E-state index in [0.717, 1.165) is 10.8 Å². The Hall–Kier alpha value is -1.86. The van der Waals surface area contributed by atoms with Crippen LogP contribution in [-0.2, 0) is 0 Å². The molecule has 1 aromatic carbocycles. The molecule has 2 rings (SSSR count). The highest BCUT2D eigenvalue weighted by atomic mass is 79.9. The molecule has 0 aliphatic heterocycles. The number of carboxylic acid groups (broad SMARTS) is 1. The number of benzene rings is 1. The number of hydrogen-bond donors (Lipinski definition) is 2. The van der Waals surface area contributed by atoms with E-state index in [4.69, 9.17) is 16.7 Å². The van der Waals surface area contributed by atoms with Gasteiger partial charge in [-0.1, -0.05) is 17.7 Å². The number of nitrogens with zero attached hydrogens (tertiary/aromatic N) is 1. The van der Waals surface area contributed by atoms with Crippen molar-refractivity contribution in [1.29, 1.82) is 0 Å². The molecule has 8 heteroatoms. The summed E-state index contributed by atoms with van der Waals surface area (Å²) in [7, 11) is 0. The molecule has 0 fully saturated rings. The molecule has 0 radical (unpaired) electrons. The van der Waals surface area contributed by atoms with Crippen LogP contribution >= 0.6 is 27.5 Å². The molecule has 98 valence electrons. The van der Waals surface area contributed by atoms with Crippen LogP contribution in [0.4, 0.5) is 0 Å². The molecule has 0 amide bonds. The Morgan fingerprint density at radius 2 is 2.05 bits per heavy atom. The Kier molecular flexibility index (Phi) is 3.59. The van der Waals surface area contributed by atoms with Crippen LogP contribution in [-0.4, -0.2) is 20.6 Å². The zero-order valence-electron chi connectivity index (χ0n) is 9.18. The van der Waals surface area contributed by atoms with Gasteiger partial charge in [-0.25, -0.2) is 9.59 Å². The predicted molar refractivity (Wildman–Crippen MR) is 72.3 cm³/mol. The number of aromatic carboxylic acids is 1. The van der Waals surface area contributed by atoms with E-state index in [0.29, 0.717) is 15.2 Å². The second kappa shape index (κ2) is 5.02. The molecule has 1 heterocycles. The van der Waals surface area contributed by atoms with Crippen molar-refractivity contribution in [2.75, 3.05) is 0 Å². The standard InChI is InChI=1S/C11H6BrClN2O4/c12-8-6(13)2-1-3-7(8)15-4-5(10(17)18)9(16)14-11(15)19/h1-4H,(H,17,18)(H,14,16,19). The molecule has 19 heavy (non-hydrogen) atoms. The highest BCUT2D eigenvalue weighted by Gasteiger charge is 2.14. The number of nitrogens with one attached hydrogen (secondary N) is 1. The normalized spacial score (nSPS) is 10.4. The zero-order chi connectivity index (χ0) is 14.2. The minimum atomic E-state index is -1.42. The molecule has 0 saturated heterocycles. The lowest BCUT2D eigenvalue weighted by atomic mass is 10.3. The van der Waals surface area contributed by atoms with E-state index in [9.17, 15) is 14.4 Å². The minimum Gasteiger partial charge on any atom is -0.477 e. The molecule has 0 saturated carbocycles. The average molecular weight is 346 g/mol. The molecule has 6 nitrogen and oxygen atoms in total. The highest BCUT2D eigenvalue weighted by molar-refractivity contribution is 9.10. The van der Waals surface area contributed by atoms with Gasteiger partial charge in [0.1, 0.15) is 5.56 Å². The molecule has 0 aliphatic carbocycles. The Bertz CT molecular complexity index is 781. The number of carboxylic acids is 1. The molecule has 0 bridgehead atoms. The number of hydrogen-bond acceptors (Lipinski definition) is 3. The van der Waals surface area contributed by atoms with Gasteiger partial charge in [0.05, 0.1) is 15.2 Å². The second-order valence-corrected chi connectivity index (χ2v) is 4.75. The summed E-state index contributed by atoms with van der Waals surface area (Å²) in [6.07, 6.45) is 0.958. The third kappa shape index (κ3) is 2.47. The maximum absolute atomic E-state index is 11.7.